The maximum atomic E-state index is 12.4. The molecule has 6 nitrogen and oxygen atoms in total. The fraction of sp³-hybridized carbons (Fsp3) is 0.316. The lowest BCUT2D eigenvalue weighted by molar-refractivity contribution is -0.130. The van der Waals surface area contributed by atoms with Crippen molar-refractivity contribution in [2.24, 2.45) is 0 Å². The highest BCUT2D eigenvalue weighted by Gasteiger charge is 2.20. The van der Waals surface area contributed by atoms with Crippen molar-refractivity contribution in [3.05, 3.63) is 60.2 Å². The first-order chi connectivity index (χ1) is 12.3. The average molecular weight is 376 g/mol. The van der Waals surface area contributed by atoms with Gasteiger partial charge in [-0.3, -0.25) is 4.79 Å². The van der Waals surface area contributed by atoms with E-state index in [1.807, 2.05) is 37.3 Å². The summed E-state index contributed by atoms with van der Waals surface area (Å²) >= 11 is 0. The molecule has 0 radical (unpaired) electrons. The number of carbonyl (C=O) groups excluding carboxylic acids is 1. The van der Waals surface area contributed by atoms with Crippen molar-refractivity contribution in [3.8, 4) is 5.75 Å². The van der Waals surface area contributed by atoms with Crippen LogP contribution in [0.3, 0.4) is 0 Å². The molecule has 1 atom stereocenters. The molecule has 0 heterocycles. The summed E-state index contributed by atoms with van der Waals surface area (Å²) in [6.45, 7) is 3.82. The molecule has 7 heteroatoms. The zero-order valence-electron chi connectivity index (χ0n) is 15.2. The first-order valence-corrected chi connectivity index (χ1v) is 9.79. The van der Waals surface area contributed by atoms with Crippen LogP contribution in [0.2, 0.25) is 0 Å². The Bertz CT molecular complexity index is 820. The Morgan fingerprint density at radius 1 is 1.12 bits per heavy atom. The van der Waals surface area contributed by atoms with Crippen LogP contribution in [0.25, 0.3) is 0 Å². The van der Waals surface area contributed by atoms with Gasteiger partial charge in [0, 0.05) is 20.0 Å². The van der Waals surface area contributed by atoms with Crippen molar-refractivity contribution in [2.45, 2.75) is 24.8 Å². The van der Waals surface area contributed by atoms with Gasteiger partial charge < -0.3 is 9.64 Å². The summed E-state index contributed by atoms with van der Waals surface area (Å²) in [6, 6.07) is 15.6. The molecule has 1 unspecified atom stereocenters. The molecule has 0 saturated carbocycles. The molecule has 26 heavy (non-hydrogen) atoms. The molecule has 0 aliphatic heterocycles. The second-order valence-corrected chi connectivity index (χ2v) is 7.64. The Kier molecular flexibility index (Phi) is 6.76. The molecule has 2 aromatic carbocycles. The van der Waals surface area contributed by atoms with Crippen molar-refractivity contribution in [1.29, 1.82) is 0 Å². The summed E-state index contributed by atoms with van der Waals surface area (Å²) in [5.41, 5.74) is 1.00. The van der Waals surface area contributed by atoms with Gasteiger partial charge in [-0.2, -0.15) is 0 Å². The van der Waals surface area contributed by atoms with Crippen molar-refractivity contribution in [2.75, 3.05) is 20.2 Å². The van der Waals surface area contributed by atoms with E-state index in [1.165, 1.54) is 26.2 Å². The SMILES string of the molecule is COc1ccc(S(=O)(=O)NCCN(C(C)=O)C(C)c2ccccc2)cc1. The van der Waals surface area contributed by atoms with E-state index in [4.69, 9.17) is 4.74 Å². The van der Waals surface area contributed by atoms with E-state index in [1.54, 1.807) is 17.0 Å². The van der Waals surface area contributed by atoms with Crippen molar-refractivity contribution in [3.63, 3.8) is 0 Å². The maximum Gasteiger partial charge on any atom is 0.240 e. The van der Waals surface area contributed by atoms with Crippen molar-refractivity contribution in [1.82, 2.24) is 9.62 Å². The Hall–Kier alpha value is -2.38. The van der Waals surface area contributed by atoms with Gasteiger partial charge in [-0.15, -0.1) is 0 Å². The van der Waals surface area contributed by atoms with Gasteiger partial charge in [-0.05, 0) is 36.8 Å². The quantitative estimate of drug-likeness (QED) is 0.768. The minimum atomic E-state index is -3.64. The normalized spacial score (nSPS) is 12.4. The molecule has 0 aliphatic carbocycles. The molecule has 0 fully saturated rings. The van der Waals surface area contributed by atoms with Crippen LogP contribution in [0, 0.1) is 0 Å². The number of nitrogens with one attached hydrogen (secondary N) is 1. The molecule has 0 aliphatic rings. The van der Waals surface area contributed by atoms with E-state index in [-0.39, 0.29) is 29.9 Å². The van der Waals surface area contributed by atoms with E-state index < -0.39 is 10.0 Å². The summed E-state index contributed by atoms with van der Waals surface area (Å²) < 4.78 is 32.3. The van der Waals surface area contributed by atoms with Crippen LogP contribution in [0.4, 0.5) is 0 Å². The highest BCUT2D eigenvalue weighted by atomic mass is 32.2. The van der Waals surface area contributed by atoms with Crippen LogP contribution in [-0.2, 0) is 14.8 Å². The van der Waals surface area contributed by atoms with E-state index in [0.717, 1.165) is 5.56 Å². The summed E-state index contributed by atoms with van der Waals surface area (Å²) in [5.74, 6) is 0.480. The predicted molar refractivity (Wildman–Crippen MR) is 100 cm³/mol. The van der Waals surface area contributed by atoms with Crippen LogP contribution >= 0.6 is 0 Å². The van der Waals surface area contributed by atoms with Gasteiger partial charge in [0.1, 0.15) is 5.75 Å². The number of ether oxygens (including phenoxy) is 1. The molecule has 2 rings (SSSR count). The highest BCUT2D eigenvalue weighted by Crippen LogP contribution is 2.20. The molecule has 0 bridgehead atoms. The lowest BCUT2D eigenvalue weighted by Crippen LogP contribution is -2.39. The summed E-state index contributed by atoms with van der Waals surface area (Å²) in [4.78, 5) is 13.8. The lowest BCUT2D eigenvalue weighted by atomic mass is 10.1. The predicted octanol–water partition coefficient (Wildman–Crippen LogP) is 2.58. The third-order valence-electron chi connectivity index (χ3n) is 4.17. The standard InChI is InChI=1S/C19H24N2O4S/c1-15(17-7-5-4-6-8-17)21(16(2)22)14-13-20-26(23,24)19-11-9-18(25-3)10-12-19/h4-12,15,20H,13-14H2,1-3H3. The number of methoxy groups -OCH3 is 1. The fourth-order valence-electron chi connectivity index (χ4n) is 2.67. The van der Waals surface area contributed by atoms with Gasteiger partial charge in [0.05, 0.1) is 18.0 Å². The van der Waals surface area contributed by atoms with Gasteiger partial charge in [0.2, 0.25) is 15.9 Å². The van der Waals surface area contributed by atoms with Gasteiger partial charge in [0.15, 0.2) is 0 Å². The smallest absolute Gasteiger partial charge is 0.240 e. The monoisotopic (exact) mass is 376 g/mol. The number of hydrogen-bond acceptors (Lipinski definition) is 4. The minimum Gasteiger partial charge on any atom is -0.497 e. The Morgan fingerprint density at radius 2 is 1.73 bits per heavy atom. The first-order valence-electron chi connectivity index (χ1n) is 8.31. The van der Waals surface area contributed by atoms with E-state index >= 15 is 0 Å². The second-order valence-electron chi connectivity index (χ2n) is 5.87. The second kappa shape index (κ2) is 8.82. The number of rotatable bonds is 8. The molecule has 0 saturated heterocycles. The van der Waals surface area contributed by atoms with Crippen molar-refractivity contribution >= 4 is 15.9 Å². The average Bonchev–Trinajstić information content (AvgIpc) is 2.65. The third kappa shape index (κ3) is 5.06. The topological polar surface area (TPSA) is 75.7 Å². The number of hydrogen-bond donors (Lipinski definition) is 1. The van der Waals surface area contributed by atoms with Crippen LogP contribution in [-0.4, -0.2) is 39.4 Å². The highest BCUT2D eigenvalue weighted by molar-refractivity contribution is 7.89. The molecule has 1 amide bonds. The molecule has 2 aromatic rings. The third-order valence-corrected chi connectivity index (χ3v) is 5.65. The number of sulfonamides is 1. The van der Waals surface area contributed by atoms with Crippen LogP contribution in [0.5, 0.6) is 5.75 Å². The van der Waals surface area contributed by atoms with E-state index in [0.29, 0.717) is 5.75 Å². The Labute approximate surface area is 154 Å². The fourth-order valence-corrected chi connectivity index (χ4v) is 3.70. The van der Waals surface area contributed by atoms with Crippen LogP contribution in [0.1, 0.15) is 25.5 Å². The zero-order valence-corrected chi connectivity index (χ0v) is 16.0. The molecular formula is C19H24N2O4S. The Morgan fingerprint density at radius 3 is 2.27 bits per heavy atom. The molecule has 1 N–H and O–H groups in total. The summed E-state index contributed by atoms with van der Waals surface area (Å²) in [5, 5.41) is 0. The van der Waals surface area contributed by atoms with Crippen LogP contribution < -0.4 is 9.46 Å². The maximum absolute atomic E-state index is 12.4. The summed E-state index contributed by atoms with van der Waals surface area (Å²) in [6.07, 6.45) is 0. The lowest BCUT2D eigenvalue weighted by Gasteiger charge is -2.28. The number of carbonyl (C=O) groups is 1. The van der Waals surface area contributed by atoms with Crippen molar-refractivity contribution < 1.29 is 17.9 Å². The van der Waals surface area contributed by atoms with E-state index in [9.17, 15) is 13.2 Å². The molecular weight excluding hydrogens is 352 g/mol. The van der Waals surface area contributed by atoms with Gasteiger partial charge in [-0.1, -0.05) is 30.3 Å². The minimum absolute atomic E-state index is 0.106. The molecule has 0 aromatic heterocycles. The largest absolute Gasteiger partial charge is 0.497 e. The molecule has 0 spiro atoms. The first kappa shape index (κ1) is 19.9. The zero-order chi connectivity index (χ0) is 19.2. The molecule has 140 valence electrons. The van der Waals surface area contributed by atoms with Gasteiger partial charge in [-0.25, -0.2) is 13.1 Å². The number of amides is 1. The number of nitrogens with zero attached hydrogens (tertiary/aromatic N) is 1. The van der Waals surface area contributed by atoms with Gasteiger partial charge in [0.25, 0.3) is 0 Å². The van der Waals surface area contributed by atoms with Crippen LogP contribution in [0.15, 0.2) is 59.5 Å². The van der Waals surface area contributed by atoms with Gasteiger partial charge >= 0.3 is 0 Å². The van der Waals surface area contributed by atoms with E-state index in [2.05, 4.69) is 4.72 Å². The Balaban J connectivity index is 2.01. The summed E-state index contributed by atoms with van der Waals surface area (Å²) in [7, 11) is -2.12. The number of benzene rings is 2.